The minimum absolute atomic E-state index is 0.832. The fraction of sp³-hybridized carbons (Fsp3) is 0.250. The summed E-state index contributed by atoms with van der Waals surface area (Å²) in [6.07, 6.45) is 0. The van der Waals surface area contributed by atoms with Gasteiger partial charge in [-0.05, 0) is 12.1 Å². The molecule has 1 aromatic carbocycles. The maximum atomic E-state index is 5.87. The summed E-state index contributed by atoms with van der Waals surface area (Å²) in [6, 6.07) is 9.47. The number of benzene rings is 1. The first-order valence-corrected chi connectivity index (χ1v) is 5.87. The van der Waals surface area contributed by atoms with Crippen LogP contribution in [0.1, 0.15) is 0 Å². The number of halogens is 4. The lowest BCUT2D eigenvalue weighted by Crippen LogP contribution is -2.16. The molecule has 0 aliphatic heterocycles. The summed E-state index contributed by atoms with van der Waals surface area (Å²) >= 11 is 24.2. The van der Waals surface area contributed by atoms with Crippen molar-refractivity contribution < 1.29 is 0 Å². The van der Waals surface area contributed by atoms with Gasteiger partial charge in [-0.15, -0.1) is 23.2 Å². The SMILES string of the molecule is ClC(Cl)C(Cl)(Cl)Sc1ccccc1. The average molecular weight is 276 g/mol. The normalized spacial score (nSPS) is 12.1. The fourth-order valence-corrected chi connectivity index (χ4v) is 2.19. The predicted molar refractivity (Wildman–Crippen MR) is 62.2 cm³/mol. The molecular weight excluding hydrogens is 270 g/mol. The van der Waals surface area contributed by atoms with Gasteiger partial charge in [0, 0.05) is 4.90 Å². The van der Waals surface area contributed by atoms with E-state index in [-0.39, 0.29) is 0 Å². The van der Waals surface area contributed by atoms with Crippen LogP contribution in [0.2, 0.25) is 0 Å². The third kappa shape index (κ3) is 3.77. The first-order chi connectivity index (χ1) is 6.02. The Balaban J connectivity index is 2.69. The number of hydrogen-bond donors (Lipinski definition) is 0. The van der Waals surface area contributed by atoms with Crippen molar-refractivity contribution >= 4 is 58.2 Å². The first kappa shape index (κ1) is 11.8. The van der Waals surface area contributed by atoms with E-state index in [1.54, 1.807) is 0 Å². The number of alkyl halides is 4. The first-order valence-electron chi connectivity index (χ1n) is 3.42. The molecule has 0 spiro atoms. The highest BCUT2D eigenvalue weighted by Crippen LogP contribution is 2.46. The lowest BCUT2D eigenvalue weighted by molar-refractivity contribution is 1.20. The summed E-state index contributed by atoms with van der Waals surface area (Å²) < 4.78 is -1.20. The molecule has 0 nitrogen and oxygen atoms in total. The van der Waals surface area contributed by atoms with Crippen LogP contribution in [0.15, 0.2) is 35.2 Å². The standard InChI is InChI=1S/C8H6Cl4S/c9-7(10)8(11,12)13-6-4-2-1-3-5-6/h1-5,7H. The molecule has 0 saturated carbocycles. The van der Waals surface area contributed by atoms with Crippen LogP contribution in [0.5, 0.6) is 0 Å². The van der Waals surface area contributed by atoms with Crippen molar-refractivity contribution in [2.24, 2.45) is 0 Å². The Bertz CT molecular complexity index is 260. The zero-order chi connectivity index (χ0) is 9.90. The van der Waals surface area contributed by atoms with Gasteiger partial charge in [0.05, 0.1) is 0 Å². The molecule has 0 saturated heterocycles. The van der Waals surface area contributed by atoms with E-state index in [4.69, 9.17) is 46.4 Å². The summed E-state index contributed by atoms with van der Waals surface area (Å²) in [7, 11) is 0. The van der Waals surface area contributed by atoms with Gasteiger partial charge in [0.2, 0.25) is 0 Å². The van der Waals surface area contributed by atoms with Crippen molar-refractivity contribution in [1.29, 1.82) is 0 Å². The van der Waals surface area contributed by atoms with Crippen LogP contribution in [0, 0.1) is 0 Å². The van der Waals surface area contributed by atoms with E-state index in [1.165, 1.54) is 11.8 Å². The van der Waals surface area contributed by atoms with Gasteiger partial charge in [-0.2, -0.15) is 0 Å². The topological polar surface area (TPSA) is 0 Å². The molecule has 72 valence electrons. The summed E-state index contributed by atoms with van der Waals surface area (Å²) in [4.78, 5) is 0.0971. The second kappa shape index (κ2) is 4.99. The van der Waals surface area contributed by atoms with Crippen molar-refractivity contribution in [1.82, 2.24) is 0 Å². The van der Waals surface area contributed by atoms with Crippen LogP contribution >= 0.6 is 58.2 Å². The van der Waals surface area contributed by atoms with Crippen molar-refractivity contribution in [3.8, 4) is 0 Å². The summed E-state index contributed by atoms with van der Waals surface area (Å²) in [6.45, 7) is 0. The molecule has 0 aromatic heterocycles. The van der Waals surface area contributed by atoms with E-state index in [9.17, 15) is 0 Å². The van der Waals surface area contributed by atoms with Crippen LogP contribution in [0.3, 0.4) is 0 Å². The summed E-state index contributed by atoms with van der Waals surface area (Å²) in [5, 5.41) is 0. The van der Waals surface area contributed by atoms with Gasteiger partial charge in [-0.25, -0.2) is 0 Å². The molecule has 0 heterocycles. The molecule has 0 radical (unpaired) electrons. The maximum Gasteiger partial charge on any atom is 0.197 e. The molecule has 0 aliphatic rings. The molecule has 0 atom stereocenters. The van der Waals surface area contributed by atoms with E-state index in [2.05, 4.69) is 0 Å². The molecule has 5 heteroatoms. The lowest BCUT2D eigenvalue weighted by atomic mass is 10.4. The molecule has 0 unspecified atom stereocenters. The van der Waals surface area contributed by atoms with E-state index in [0.717, 1.165) is 4.90 Å². The van der Waals surface area contributed by atoms with Crippen molar-refractivity contribution in [3.05, 3.63) is 30.3 Å². The van der Waals surface area contributed by atoms with Crippen molar-refractivity contribution in [2.75, 3.05) is 0 Å². The maximum absolute atomic E-state index is 5.87. The molecule has 0 N–H and O–H groups in total. The van der Waals surface area contributed by atoms with Gasteiger partial charge in [0.15, 0.2) is 3.67 Å². The highest BCUT2D eigenvalue weighted by atomic mass is 35.5. The number of hydrogen-bond acceptors (Lipinski definition) is 1. The third-order valence-corrected chi connectivity index (χ3v) is 4.53. The zero-order valence-electron chi connectivity index (χ0n) is 6.38. The highest BCUT2D eigenvalue weighted by molar-refractivity contribution is 8.03. The van der Waals surface area contributed by atoms with Crippen molar-refractivity contribution in [3.63, 3.8) is 0 Å². The summed E-state index contributed by atoms with van der Waals surface area (Å²) in [5.41, 5.74) is 0. The van der Waals surface area contributed by atoms with Gasteiger partial charge < -0.3 is 0 Å². The smallest absolute Gasteiger partial charge is 0.101 e. The molecule has 0 fully saturated rings. The summed E-state index contributed by atoms with van der Waals surface area (Å²) in [5.74, 6) is 0. The Morgan fingerprint density at radius 1 is 1.08 bits per heavy atom. The van der Waals surface area contributed by atoms with E-state index >= 15 is 0 Å². The number of rotatable bonds is 3. The van der Waals surface area contributed by atoms with Crippen LogP contribution in [0.4, 0.5) is 0 Å². The molecule has 1 rings (SSSR count). The Labute approximate surface area is 101 Å². The molecular formula is C8H6Cl4S. The van der Waals surface area contributed by atoms with E-state index < -0.39 is 8.50 Å². The minimum Gasteiger partial charge on any atom is -0.101 e. The molecule has 13 heavy (non-hydrogen) atoms. The van der Waals surface area contributed by atoms with Gasteiger partial charge in [0.25, 0.3) is 0 Å². The minimum atomic E-state index is -1.20. The Hall–Kier alpha value is 0.730. The Morgan fingerprint density at radius 2 is 1.62 bits per heavy atom. The van der Waals surface area contributed by atoms with Crippen LogP contribution < -0.4 is 0 Å². The number of thioether (sulfide) groups is 1. The van der Waals surface area contributed by atoms with Crippen LogP contribution in [-0.4, -0.2) is 8.50 Å². The second-order valence-corrected chi connectivity index (χ2v) is 6.53. The monoisotopic (exact) mass is 274 g/mol. The Kier molecular flexibility index (Phi) is 4.53. The molecule has 0 bridgehead atoms. The largest absolute Gasteiger partial charge is 0.197 e. The zero-order valence-corrected chi connectivity index (χ0v) is 10.2. The van der Waals surface area contributed by atoms with Gasteiger partial charge >= 0.3 is 0 Å². The van der Waals surface area contributed by atoms with Crippen LogP contribution in [0.25, 0.3) is 0 Å². The fourth-order valence-electron chi connectivity index (χ4n) is 0.690. The highest BCUT2D eigenvalue weighted by Gasteiger charge is 2.33. The molecule has 0 amide bonds. The quantitative estimate of drug-likeness (QED) is 0.569. The van der Waals surface area contributed by atoms with Gasteiger partial charge in [-0.1, -0.05) is 53.2 Å². The lowest BCUT2D eigenvalue weighted by Gasteiger charge is -2.19. The van der Waals surface area contributed by atoms with E-state index in [0.29, 0.717) is 0 Å². The second-order valence-electron chi connectivity index (χ2n) is 2.28. The third-order valence-electron chi connectivity index (χ3n) is 1.25. The predicted octanol–water partition coefficient (Wildman–Crippen LogP) is 4.71. The average Bonchev–Trinajstić information content (AvgIpc) is 2.05. The van der Waals surface area contributed by atoms with Crippen molar-refractivity contribution in [2.45, 2.75) is 13.4 Å². The molecule has 0 aliphatic carbocycles. The van der Waals surface area contributed by atoms with E-state index in [1.807, 2.05) is 30.3 Å². The van der Waals surface area contributed by atoms with Gasteiger partial charge in [0.1, 0.15) is 4.84 Å². The van der Waals surface area contributed by atoms with Crippen LogP contribution in [-0.2, 0) is 0 Å². The molecule has 1 aromatic rings. The van der Waals surface area contributed by atoms with Gasteiger partial charge in [-0.3, -0.25) is 0 Å². The Morgan fingerprint density at radius 3 is 2.08 bits per heavy atom.